The lowest BCUT2D eigenvalue weighted by molar-refractivity contribution is -0.145. The van der Waals surface area contributed by atoms with E-state index in [0.717, 1.165) is 44.9 Å². The molecule has 3 N–H and O–H groups in total. The van der Waals surface area contributed by atoms with E-state index in [4.69, 9.17) is 5.73 Å². The molecule has 0 aromatic carbocycles. The number of rotatable bonds is 3. The summed E-state index contributed by atoms with van der Waals surface area (Å²) in [6.07, 6.45) is 6.39. The summed E-state index contributed by atoms with van der Waals surface area (Å²) < 4.78 is 0. The van der Waals surface area contributed by atoms with Gasteiger partial charge in [0.05, 0.1) is 5.54 Å². The molecule has 3 rings (SSSR count). The van der Waals surface area contributed by atoms with Crippen LogP contribution in [0.2, 0.25) is 0 Å². The SMILES string of the molecule is NC1(C(=O)N2CCCC2C(=O)NC2CC2)CCC1. The van der Waals surface area contributed by atoms with Crippen LogP contribution in [0.25, 0.3) is 0 Å². The molecular formula is C13H21N3O2. The number of carbonyl (C=O) groups is 2. The smallest absolute Gasteiger partial charge is 0.243 e. The second-order valence-electron chi connectivity index (χ2n) is 5.95. The average molecular weight is 251 g/mol. The minimum atomic E-state index is -0.678. The van der Waals surface area contributed by atoms with E-state index in [1.807, 2.05) is 0 Å². The van der Waals surface area contributed by atoms with E-state index in [9.17, 15) is 9.59 Å². The molecule has 1 saturated heterocycles. The zero-order valence-electron chi connectivity index (χ0n) is 10.7. The van der Waals surface area contributed by atoms with Crippen molar-refractivity contribution in [1.82, 2.24) is 10.2 Å². The molecule has 2 amide bonds. The van der Waals surface area contributed by atoms with E-state index >= 15 is 0 Å². The molecule has 0 radical (unpaired) electrons. The van der Waals surface area contributed by atoms with E-state index in [-0.39, 0.29) is 17.9 Å². The lowest BCUT2D eigenvalue weighted by Crippen LogP contribution is -2.61. The molecule has 1 unspecified atom stereocenters. The largest absolute Gasteiger partial charge is 0.352 e. The summed E-state index contributed by atoms with van der Waals surface area (Å²) >= 11 is 0. The highest BCUT2D eigenvalue weighted by Gasteiger charge is 2.47. The van der Waals surface area contributed by atoms with Crippen LogP contribution in [-0.2, 0) is 9.59 Å². The first-order valence-corrected chi connectivity index (χ1v) is 7.00. The Bertz CT molecular complexity index is 374. The van der Waals surface area contributed by atoms with Crippen LogP contribution in [0, 0.1) is 0 Å². The molecule has 2 aliphatic carbocycles. The number of hydrogen-bond donors (Lipinski definition) is 2. The van der Waals surface area contributed by atoms with Gasteiger partial charge in [0.25, 0.3) is 0 Å². The number of amides is 2. The zero-order valence-corrected chi connectivity index (χ0v) is 10.7. The molecule has 2 saturated carbocycles. The van der Waals surface area contributed by atoms with Crippen LogP contribution < -0.4 is 11.1 Å². The Balaban J connectivity index is 1.66. The van der Waals surface area contributed by atoms with Gasteiger partial charge in [-0.05, 0) is 44.9 Å². The van der Waals surface area contributed by atoms with Crippen molar-refractivity contribution in [2.24, 2.45) is 5.73 Å². The Kier molecular flexibility index (Phi) is 2.81. The van der Waals surface area contributed by atoms with E-state index < -0.39 is 5.54 Å². The third-order valence-corrected chi connectivity index (χ3v) is 4.41. The van der Waals surface area contributed by atoms with Crippen LogP contribution in [0.1, 0.15) is 44.9 Å². The van der Waals surface area contributed by atoms with Gasteiger partial charge < -0.3 is 16.0 Å². The van der Waals surface area contributed by atoms with Gasteiger partial charge in [-0.15, -0.1) is 0 Å². The van der Waals surface area contributed by atoms with E-state index in [1.165, 1.54) is 0 Å². The summed E-state index contributed by atoms with van der Waals surface area (Å²) in [5.41, 5.74) is 5.40. The van der Waals surface area contributed by atoms with Crippen molar-refractivity contribution in [3.05, 3.63) is 0 Å². The number of carbonyl (C=O) groups excluding carboxylic acids is 2. The average Bonchev–Trinajstić information content (AvgIpc) is 2.98. The monoisotopic (exact) mass is 251 g/mol. The second kappa shape index (κ2) is 4.23. The van der Waals surface area contributed by atoms with Crippen molar-refractivity contribution < 1.29 is 9.59 Å². The Morgan fingerprint density at radius 2 is 1.89 bits per heavy atom. The van der Waals surface area contributed by atoms with Crippen molar-refractivity contribution in [1.29, 1.82) is 0 Å². The third kappa shape index (κ3) is 2.00. The van der Waals surface area contributed by atoms with Crippen LogP contribution in [0.3, 0.4) is 0 Å². The predicted octanol–water partition coefficient (Wildman–Crippen LogP) is 0.137. The molecular weight excluding hydrogens is 230 g/mol. The third-order valence-electron chi connectivity index (χ3n) is 4.41. The Hall–Kier alpha value is -1.10. The fourth-order valence-electron chi connectivity index (χ4n) is 2.86. The van der Waals surface area contributed by atoms with Gasteiger partial charge in [-0.2, -0.15) is 0 Å². The van der Waals surface area contributed by atoms with Crippen LogP contribution in [-0.4, -0.2) is 40.9 Å². The first-order valence-electron chi connectivity index (χ1n) is 7.00. The molecule has 18 heavy (non-hydrogen) atoms. The van der Waals surface area contributed by atoms with Gasteiger partial charge >= 0.3 is 0 Å². The number of hydrogen-bond acceptors (Lipinski definition) is 3. The molecule has 0 aromatic heterocycles. The highest BCUT2D eigenvalue weighted by atomic mass is 16.2. The zero-order chi connectivity index (χ0) is 12.8. The van der Waals surface area contributed by atoms with Gasteiger partial charge in [0, 0.05) is 12.6 Å². The van der Waals surface area contributed by atoms with Crippen molar-refractivity contribution in [3.63, 3.8) is 0 Å². The molecule has 3 aliphatic rings. The normalized spacial score (nSPS) is 29.8. The molecule has 0 spiro atoms. The molecule has 100 valence electrons. The topological polar surface area (TPSA) is 75.4 Å². The number of likely N-dealkylation sites (tertiary alicyclic amines) is 1. The molecule has 5 heteroatoms. The minimum Gasteiger partial charge on any atom is -0.352 e. The van der Waals surface area contributed by atoms with Gasteiger partial charge in [0.2, 0.25) is 11.8 Å². The number of nitrogens with zero attached hydrogens (tertiary/aromatic N) is 1. The van der Waals surface area contributed by atoms with E-state index in [1.54, 1.807) is 4.90 Å². The maximum atomic E-state index is 12.4. The minimum absolute atomic E-state index is 0.0119. The van der Waals surface area contributed by atoms with Crippen molar-refractivity contribution in [2.75, 3.05) is 6.54 Å². The molecule has 0 bridgehead atoms. The summed E-state index contributed by atoms with van der Waals surface area (Å²) in [6.45, 7) is 0.681. The maximum Gasteiger partial charge on any atom is 0.243 e. The number of nitrogens with two attached hydrogens (primary N) is 1. The summed E-state index contributed by atoms with van der Waals surface area (Å²) in [5.74, 6) is 0.00784. The maximum absolute atomic E-state index is 12.4. The predicted molar refractivity (Wildman–Crippen MR) is 66.7 cm³/mol. The van der Waals surface area contributed by atoms with Gasteiger partial charge in [-0.25, -0.2) is 0 Å². The summed E-state index contributed by atoms with van der Waals surface area (Å²) in [6, 6.07) is 0.0738. The molecule has 5 nitrogen and oxygen atoms in total. The van der Waals surface area contributed by atoms with Crippen LogP contribution in [0.5, 0.6) is 0 Å². The van der Waals surface area contributed by atoms with Gasteiger partial charge in [-0.3, -0.25) is 9.59 Å². The molecule has 1 aliphatic heterocycles. The van der Waals surface area contributed by atoms with Gasteiger partial charge in [-0.1, -0.05) is 0 Å². The first-order chi connectivity index (χ1) is 8.60. The van der Waals surface area contributed by atoms with E-state index in [2.05, 4.69) is 5.32 Å². The van der Waals surface area contributed by atoms with Crippen LogP contribution in [0.4, 0.5) is 0 Å². The lowest BCUT2D eigenvalue weighted by atomic mass is 9.76. The first kappa shape index (κ1) is 12.0. The summed E-state index contributed by atoms with van der Waals surface area (Å²) in [7, 11) is 0. The van der Waals surface area contributed by atoms with Crippen molar-refractivity contribution in [3.8, 4) is 0 Å². The molecule has 1 heterocycles. The second-order valence-corrected chi connectivity index (χ2v) is 5.95. The standard InChI is InChI=1S/C13H21N3O2/c14-13(6-2-7-13)12(18)16-8-1-3-10(16)11(17)15-9-4-5-9/h9-10H,1-8,14H2,(H,15,17). The lowest BCUT2D eigenvalue weighted by Gasteiger charge is -2.40. The van der Waals surface area contributed by atoms with Crippen LogP contribution in [0.15, 0.2) is 0 Å². The fraction of sp³-hybridized carbons (Fsp3) is 0.846. The quantitative estimate of drug-likeness (QED) is 0.749. The van der Waals surface area contributed by atoms with Crippen molar-refractivity contribution >= 4 is 11.8 Å². The fourth-order valence-corrected chi connectivity index (χ4v) is 2.86. The highest BCUT2D eigenvalue weighted by Crippen LogP contribution is 2.33. The van der Waals surface area contributed by atoms with Gasteiger partial charge in [0.15, 0.2) is 0 Å². The van der Waals surface area contributed by atoms with Crippen LogP contribution >= 0.6 is 0 Å². The molecule has 3 fully saturated rings. The Morgan fingerprint density at radius 1 is 1.17 bits per heavy atom. The Morgan fingerprint density at radius 3 is 2.44 bits per heavy atom. The summed E-state index contributed by atoms with van der Waals surface area (Å²) in [4.78, 5) is 26.2. The highest BCUT2D eigenvalue weighted by molar-refractivity contribution is 5.93. The molecule has 0 aromatic rings. The van der Waals surface area contributed by atoms with Crippen molar-refractivity contribution in [2.45, 2.75) is 62.6 Å². The van der Waals surface area contributed by atoms with E-state index in [0.29, 0.717) is 12.6 Å². The van der Waals surface area contributed by atoms with Gasteiger partial charge in [0.1, 0.15) is 6.04 Å². The summed E-state index contributed by atoms with van der Waals surface area (Å²) in [5, 5.41) is 2.99. The molecule has 1 atom stereocenters. The number of nitrogens with one attached hydrogen (secondary N) is 1. The Labute approximate surface area is 107 Å².